The first-order valence-corrected chi connectivity index (χ1v) is 8.69. The molecule has 3 rings (SSSR count). The summed E-state index contributed by atoms with van der Waals surface area (Å²) in [5, 5.41) is 11.4. The summed E-state index contributed by atoms with van der Waals surface area (Å²) in [5.74, 6) is -0.896. The van der Waals surface area contributed by atoms with Crippen LogP contribution in [0.5, 0.6) is 0 Å². The van der Waals surface area contributed by atoms with Gasteiger partial charge in [0.1, 0.15) is 0 Å². The van der Waals surface area contributed by atoms with Gasteiger partial charge in [0, 0.05) is 24.5 Å². The Hall–Kier alpha value is -2.38. The van der Waals surface area contributed by atoms with Crippen molar-refractivity contribution in [1.82, 2.24) is 5.48 Å². The number of amides is 2. The molecule has 2 amide bonds. The zero-order valence-corrected chi connectivity index (χ0v) is 13.9. The highest BCUT2D eigenvalue weighted by Gasteiger charge is 2.14. The van der Waals surface area contributed by atoms with E-state index < -0.39 is 5.91 Å². The molecule has 24 heavy (non-hydrogen) atoms. The van der Waals surface area contributed by atoms with Gasteiger partial charge in [-0.2, -0.15) is 0 Å². The standard InChI is InChI=1S/C17H19N3O3S/c21-16(14-8-9-15(24-14)17(22)19-23)18-12-4-6-13(7-5-12)20-10-2-1-3-11-20/h4-9,23H,1-3,10-11H2,(H,18,21)(H,19,22). The number of hydrogen-bond donors (Lipinski definition) is 3. The zero-order chi connectivity index (χ0) is 16.9. The summed E-state index contributed by atoms with van der Waals surface area (Å²) < 4.78 is 0. The molecule has 3 N–H and O–H groups in total. The maximum absolute atomic E-state index is 12.2. The molecule has 1 aliphatic heterocycles. The summed E-state index contributed by atoms with van der Waals surface area (Å²) in [6, 6.07) is 10.9. The molecule has 7 heteroatoms. The molecule has 2 aromatic rings. The number of benzene rings is 1. The van der Waals surface area contributed by atoms with Crippen LogP contribution in [-0.2, 0) is 0 Å². The zero-order valence-electron chi connectivity index (χ0n) is 13.1. The first-order valence-electron chi connectivity index (χ1n) is 7.88. The highest BCUT2D eigenvalue weighted by atomic mass is 32.1. The van der Waals surface area contributed by atoms with E-state index in [-0.39, 0.29) is 10.8 Å². The summed E-state index contributed by atoms with van der Waals surface area (Å²) in [7, 11) is 0. The fourth-order valence-corrected chi connectivity index (χ4v) is 3.53. The Labute approximate surface area is 144 Å². The number of nitrogens with zero attached hydrogens (tertiary/aromatic N) is 1. The Morgan fingerprint density at radius 1 is 0.917 bits per heavy atom. The topological polar surface area (TPSA) is 81.7 Å². The van der Waals surface area contributed by atoms with Gasteiger partial charge >= 0.3 is 0 Å². The van der Waals surface area contributed by atoms with Gasteiger partial charge in [0.05, 0.1) is 9.75 Å². The van der Waals surface area contributed by atoms with Crippen molar-refractivity contribution in [2.24, 2.45) is 0 Å². The number of nitrogens with one attached hydrogen (secondary N) is 2. The predicted octanol–water partition coefficient (Wildman–Crippen LogP) is 3.11. The van der Waals surface area contributed by atoms with Crippen LogP contribution in [0.15, 0.2) is 36.4 Å². The second kappa shape index (κ2) is 7.46. The van der Waals surface area contributed by atoms with Gasteiger partial charge in [-0.1, -0.05) is 0 Å². The third kappa shape index (κ3) is 3.74. The number of thiophene rings is 1. The Morgan fingerprint density at radius 2 is 1.54 bits per heavy atom. The van der Waals surface area contributed by atoms with Crippen molar-refractivity contribution in [3.05, 3.63) is 46.2 Å². The van der Waals surface area contributed by atoms with Crippen molar-refractivity contribution < 1.29 is 14.8 Å². The van der Waals surface area contributed by atoms with Crippen molar-refractivity contribution >= 4 is 34.5 Å². The SMILES string of the molecule is O=C(NO)c1ccc(C(=O)Nc2ccc(N3CCCCC3)cc2)s1. The number of carbonyl (C=O) groups is 2. The number of anilines is 2. The van der Waals surface area contributed by atoms with Crippen LogP contribution in [-0.4, -0.2) is 30.1 Å². The molecule has 1 aromatic carbocycles. The van der Waals surface area contributed by atoms with Gasteiger partial charge in [0.2, 0.25) is 0 Å². The second-order valence-corrected chi connectivity index (χ2v) is 6.74. The average molecular weight is 345 g/mol. The number of hydrogen-bond acceptors (Lipinski definition) is 5. The molecule has 0 atom stereocenters. The monoisotopic (exact) mass is 345 g/mol. The number of hydroxylamine groups is 1. The van der Waals surface area contributed by atoms with Crippen molar-refractivity contribution in [3.63, 3.8) is 0 Å². The molecule has 0 unspecified atom stereocenters. The first kappa shape index (κ1) is 16.5. The molecule has 0 radical (unpaired) electrons. The lowest BCUT2D eigenvalue weighted by Crippen LogP contribution is -2.29. The van der Waals surface area contributed by atoms with Gasteiger partial charge in [0.15, 0.2) is 0 Å². The maximum atomic E-state index is 12.2. The lowest BCUT2D eigenvalue weighted by Gasteiger charge is -2.28. The van der Waals surface area contributed by atoms with Gasteiger partial charge in [-0.05, 0) is 55.7 Å². The van der Waals surface area contributed by atoms with E-state index in [4.69, 9.17) is 5.21 Å². The van der Waals surface area contributed by atoms with Gasteiger partial charge in [-0.25, -0.2) is 5.48 Å². The summed E-state index contributed by atoms with van der Waals surface area (Å²) in [6.07, 6.45) is 3.74. The van der Waals surface area contributed by atoms with Crippen molar-refractivity contribution in [3.8, 4) is 0 Å². The number of carbonyl (C=O) groups excluding carboxylic acids is 2. The number of piperidine rings is 1. The average Bonchev–Trinajstić information content (AvgIpc) is 3.13. The van der Waals surface area contributed by atoms with Crippen molar-refractivity contribution in [1.29, 1.82) is 0 Å². The minimum atomic E-state index is -0.620. The highest BCUT2D eigenvalue weighted by Crippen LogP contribution is 2.23. The highest BCUT2D eigenvalue weighted by molar-refractivity contribution is 7.16. The number of rotatable bonds is 4. The minimum absolute atomic E-state index is 0.275. The molecule has 0 saturated carbocycles. The quantitative estimate of drug-likeness (QED) is 0.587. The van der Waals surface area contributed by atoms with Crippen LogP contribution in [0.25, 0.3) is 0 Å². The lowest BCUT2D eigenvalue weighted by atomic mass is 10.1. The molecule has 1 fully saturated rings. The third-order valence-corrected chi connectivity index (χ3v) is 5.08. The maximum Gasteiger partial charge on any atom is 0.284 e. The minimum Gasteiger partial charge on any atom is -0.372 e. The largest absolute Gasteiger partial charge is 0.372 e. The van der Waals surface area contributed by atoms with E-state index in [0.29, 0.717) is 10.6 Å². The molecule has 0 bridgehead atoms. The fourth-order valence-electron chi connectivity index (χ4n) is 2.74. The smallest absolute Gasteiger partial charge is 0.284 e. The van der Waals surface area contributed by atoms with Gasteiger partial charge < -0.3 is 10.2 Å². The van der Waals surface area contributed by atoms with E-state index in [1.807, 2.05) is 24.3 Å². The van der Waals surface area contributed by atoms with Crippen LogP contribution in [0.4, 0.5) is 11.4 Å². The van der Waals surface area contributed by atoms with Crippen LogP contribution >= 0.6 is 11.3 Å². The van der Waals surface area contributed by atoms with Crippen molar-refractivity contribution in [2.75, 3.05) is 23.3 Å². The molecule has 126 valence electrons. The first-order chi connectivity index (χ1) is 11.7. The Kier molecular flexibility index (Phi) is 5.12. The molecule has 1 saturated heterocycles. The summed E-state index contributed by atoms with van der Waals surface area (Å²) in [5.41, 5.74) is 3.44. The van der Waals surface area contributed by atoms with Crippen LogP contribution in [0.1, 0.15) is 38.6 Å². The summed E-state index contributed by atoms with van der Waals surface area (Å²) in [4.78, 5) is 26.6. The van der Waals surface area contributed by atoms with Gasteiger partial charge in [-0.15, -0.1) is 11.3 Å². The molecule has 2 heterocycles. The van der Waals surface area contributed by atoms with Crippen LogP contribution < -0.4 is 15.7 Å². The van der Waals surface area contributed by atoms with E-state index in [9.17, 15) is 9.59 Å². The van der Waals surface area contributed by atoms with E-state index in [1.54, 1.807) is 11.5 Å². The summed E-state index contributed by atoms with van der Waals surface area (Å²) >= 11 is 1.03. The van der Waals surface area contributed by atoms with E-state index >= 15 is 0 Å². The fraction of sp³-hybridized carbons (Fsp3) is 0.294. The Balaban J connectivity index is 1.63. The van der Waals surface area contributed by atoms with Crippen molar-refractivity contribution in [2.45, 2.75) is 19.3 Å². The molecule has 1 aromatic heterocycles. The molecular weight excluding hydrogens is 326 g/mol. The van der Waals surface area contributed by atoms with E-state index in [1.165, 1.54) is 31.0 Å². The lowest BCUT2D eigenvalue weighted by molar-refractivity contribution is 0.0711. The predicted molar refractivity (Wildman–Crippen MR) is 94.0 cm³/mol. The van der Waals surface area contributed by atoms with Gasteiger partial charge in [-0.3, -0.25) is 14.8 Å². The van der Waals surface area contributed by atoms with Crippen LogP contribution in [0, 0.1) is 0 Å². The Bertz CT molecular complexity index is 721. The second-order valence-electron chi connectivity index (χ2n) is 5.65. The van der Waals surface area contributed by atoms with Crippen LogP contribution in [0.2, 0.25) is 0 Å². The Morgan fingerprint density at radius 3 is 2.17 bits per heavy atom. The molecule has 0 aliphatic carbocycles. The molecule has 1 aliphatic rings. The normalized spacial score (nSPS) is 14.3. The van der Waals surface area contributed by atoms with Gasteiger partial charge in [0.25, 0.3) is 11.8 Å². The van der Waals surface area contributed by atoms with E-state index in [0.717, 1.165) is 24.4 Å². The van der Waals surface area contributed by atoms with E-state index in [2.05, 4.69) is 10.2 Å². The van der Waals surface area contributed by atoms with Crippen LogP contribution in [0.3, 0.4) is 0 Å². The molecular formula is C17H19N3O3S. The molecule has 6 nitrogen and oxygen atoms in total. The molecule has 0 spiro atoms. The third-order valence-electron chi connectivity index (χ3n) is 4.00. The summed E-state index contributed by atoms with van der Waals surface area (Å²) in [6.45, 7) is 2.16.